The van der Waals surface area contributed by atoms with Crippen LogP contribution in [0.5, 0.6) is 0 Å². The monoisotopic (exact) mass is 206 g/mol. The lowest BCUT2D eigenvalue weighted by Crippen LogP contribution is -2.51. The van der Waals surface area contributed by atoms with Gasteiger partial charge in [0.05, 0.1) is 42.3 Å². The van der Waals surface area contributed by atoms with E-state index in [-0.39, 0.29) is 0 Å². The van der Waals surface area contributed by atoms with Crippen molar-refractivity contribution in [3.63, 3.8) is 0 Å². The van der Waals surface area contributed by atoms with Crippen LogP contribution in [0.3, 0.4) is 0 Å². The summed E-state index contributed by atoms with van der Waals surface area (Å²) >= 11 is 0. The van der Waals surface area contributed by atoms with Crippen molar-refractivity contribution in [1.29, 1.82) is 0 Å². The summed E-state index contributed by atoms with van der Waals surface area (Å²) in [5, 5.41) is 19.5. The van der Waals surface area contributed by atoms with Crippen LogP contribution in [0.4, 0.5) is 0 Å². The van der Waals surface area contributed by atoms with Gasteiger partial charge in [-0.1, -0.05) is 0 Å². The van der Waals surface area contributed by atoms with Crippen LogP contribution in [0.25, 0.3) is 0 Å². The van der Waals surface area contributed by atoms with Crippen LogP contribution >= 0.6 is 0 Å². The third kappa shape index (κ3) is 7.26. The van der Waals surface area contributed by atoms with Crippen LogP contribution in [0.1, 0.15) is 0 Å². The Balaban J connectivity index is 4.07. The molecule has 0 radical (unpaired) electrons. The largest absolute Gasteiger partial charge is 0.384 e. The van der Waals surface area contributed by atoms with Crippen molar-refractivity contribution >= 4 is 0 Å². The average Bonchev–Trinajstić information content (AvgIpc) is 1.78. The van der Waals surface area contributed by atoms with Crippen LogP contribution in [-0.2, 0) is 0 Å². The molecule has 2 N–H and O–H groups in total. The van der Waals surface area contributed by atoms with E-state index in [1.807, 2.05) is 42.3 Å². The molecule has 4 nitrogen and oxygen atoms in total. The summed E-state index contributed by atoms with van der Waals surface area (Å²) in [6.07, 6.45) is -1.29. The van der Waals surface area contributed by atoms with Gasteiger partial charge in [-0.2, -0.15) is 0 Å². The molecule has 0 fully saturated rings. The molecule has 0 aliphatic heterocycles. The maximum Gasteiger partial charge on any atom is 0.134 e. The van der Waals surface area contributed by atoms with Gasteiger partial charge >= 0.3 is 0 Å². The second-order valence-electron chi connectivity index (χ2n) is 6.08. The number of aliphatic hydroxyl groups is 2. The fourth-order valence-electron chi connectivity index (χ4n) is 1.37. The van der Waals surface area contributed by atoms with Gasteiger partial charge in [0.1, 0.15) is 25.3 Å². The zero-order valence-electron chi connectivity index (χ0n) is 10.4. The number of hydrogen-bond donors (Lipinski definition) is 2. The Labute approximate surface area is 87.6 Å². The molecule has 2 atom stereocenters. The molecule has 0 spiro atoms. The first-order chi connectivity index (χ1) is 6.01. The molecule has 0 aromatic carbocycles. The zero-order valence-corrected chi connectivity index (χ0v) is 10.4. The number of aliphatic hydroxyl groups excluding tert-OH is 2. The minimum absolute atomic E-state index is 0.571. The topological polar surface area (TPSA) is 40.5 Å². The van der Waals surface area contributed by atoms with Crippen LogP contribution in [0.15, 0.2) is 0 Å². The molecule has 0 aromatic rings. The predicted molar refractivity (Wildman–Crippen MR) is 57.8 cm³/mol. The zero-order chi connectivity index (χ0) is 11.6. The molecular formula is C10H26N2O2+2. The number of likely N-dealkylation sites (N-methyl/N-ethyl adjacent to an activating group) is 2. The molecule has 0 amide bonds. The summed E-state index contributed by atoms with van der Waals surface area (Å²) in [5.74, 6) is 0. The molecule has 14 heavy (non-hydrogen) atoms. The number of nitrogens with zero attached hydrogens (tertiary/aromatic N) is 2. The van der Waals surface area contributed by atoms with Crippen LogP contribution in [-0.4, -0.2) is 86.8 Å². The van der Waals surface area contributed by atoms with Crippen molar-refractivity contribution in [2.75, 3.05) is 55.4 Å². The Hall–Kier alpha value is -0.160. The molecule has 0 aliphatic rings. The molecule has 0 rings (SSSR count). The standard InChI is InChI=1S/C10H26N2O2/c1-11(2,3)7-9(13)10(14)8-12(4,5)6/h9-10,13-14H,7-8H2,1-6H3/q+2. The normalized spacial score (nSPS) is 18.0. The van der Waals surface area contributed by atoms with Crippen molar-refractivity contribution in [2.24, 2.45) is 0 Å². The predicted octanol–water partition coefficient (Wildman–Crippen LogP) is -0.879. The van der Waals surface area contributed by atoms with E-state index in [2.05, 4.69) is 0 Å². The lowest BCUT2D eigenvalue weighted by Gasteiger charge is -2.32. The summed E-state index contributed by atoms with van der Waals surface area (Å²) < 4.78 is 1.32. The van der Waals surface area contributed by atoms with E-state index in [4.69, 9.17) is 0 Å². The van der Waals surface area contributed by atoms with E-state index >= 15 is 0 Å². The van der Waals surface area contributed by atoms with Gasteiger partial charge in [-0.15, -0.1) is 0 Å². The van der Waals surface area contributed by atoms with Crippen LogP contribution in [0, 0.1) is 0 Å². The Morgan fingerprint density at radius 2 is 0.929 bits per heavy atom. The Bertz CT molecular complexity index is 150. The lowest BCUT2D eigenvalue weighted by molar-refractivity contribution is -0.882. The maximum absolute atomic E-state index is 9.74. The Morgan fingerprint density at radius 3 is 1.07 bits per heavy atom. The van der Waals surface area contributed by atoms with Gasteiger partial charge in [-0.3, -0.25) is 0 Å². The van der Waals surface area contributed by atoms with Gasteiger partial charge in [0.2, 0.25) is 0 Å². The lowest BCUT2D eigenvalue weighted by atomic mass is 10.1. The second-order valence-corrected chi connectivity index (χ2v) is 6.08. The summed E-state index contributed by atoms with van der Waals surface area (Å²) in [6.45, 7) is 1.14. The SMILES string of the molecule is C[N+](C)(C)CC(O)C(O)C[N+](C)(C)C. The Kier molecular flexibility index (Phi) is 4.52. The fourth-order valence-corrected chi connectivity index (χ4v) is 1.37. The average molecular weight is 206 g/mol. The summed E-state index contributed by atoms with van der Waals surface area (Å²) in [6, 6.07) is 0. The summed E-state index contributed by atoms with van der Waals surface area (Å²) in [7, 11) is 12.0. The minimum atomic E-state index is -0.646. The number of quaternary nitrogens is 2. The molecule has 0 bridgehead atoms. The summed E-state index contributed by atoms with van der Waals surface area (Å²) in [5.41, 5.74) is 0. The molecule has 86 valence electrons. The van der Waals surface area contributed by atoms with Gasteiger partial charge < -0.3 is 19.2 Å². The first-order valence-corrected chi connectivity index (χ1v) is 4.98. The van der Waals surface area contributed by atoms with E-state index in [0.29, 0.717) is 22.1 Å². The molecular weight excluding hydrogens is 180 g/mol. The highest BCUT2D eigenvalue weighted by molar-refractivity contribution is 4.65. The van der Waals surface area contributed by atoms with Gasteiger partial charge in [-0.25, -0.2) is 0 Å². The van der Waals surface area contributed by atoms with Crippen LogP contribution < -0.4 is 0 Å². The van der Waals surface area contributed by atoms with Gasteiger partial charge in [0.25, 0.3) is 0 Å². The molecule has 0 saturated heterocycles. The molecule has 0 saturated carbocycles. The molecule has 4 heteroatoms. The van der Waals surface area contributed by atoms with Crippen molar-refractivity contribution < 1.29 is 19.2 Å². The smallest absolute Gasteiger partial charge is 0.134 e. The first kappa shape index (κ1) is 13.8. The van der Waals surface area contributed by atoms with Gasteiger partial charge in [-0.05, 0) is 0 Å². The molecule has 0 aliphatic carbocycles. The highest BCUT2D eigenvalue weighted by Crippen LogP contribution is 2.04. The third-order valence-electron chi connectivity index (χ3n) is 1.91. The summed E-state index contributed by atoms with van der Waals surface area (Å²) in [4.78, 5) is 0. The van der Waals surface area contributed by atoms with E-state index < -0.39 is 12.2 Å². The van der Waals surface area contributed by atoms with Crippen molar-refractivity contribution in [1.82, 2.24) is 0 Å². The minimum Gasteiger partial charge on any atom is -0.384 e. The first-order valence-electron chi connectivity index (χ1n) is 4.98. The molecule has 0 heterocycles. The fraction of sp³-hybridized carbons (Fsp3) is 1.00. The van der Waals surface area contributed by atoms with E-state index in [1.165, 1.54) is 0 Å². The number of rotatable bonds is 5. The van der Waals surface area contributed by atoms with Crippen LogP contribution in [0.2, 0.25) is 0 Å². The Morgan fingerprint density at radius 1 is 0.714 bits per heavy atom. The number of hydrogen-bond acceptors (Lipinski definition) is 2. The van der Waals surface area contributed by atoms with Crippen molar-refractivity contribution in [3.8, 4) is 0 Å². The van der Waals surface area contributed by atoms with E-state index in [9.17, 15) is 10.2 Å². The highest BCUT2D eigenvalue weighted by Gasteiger charge is 2.27. The van der Waals surface area contributed by atoms with Gasteiger partial charge in [0.15, 0.2) is 0 Å². The third-order valence-corrected chi connectivity index (χ3v) is 1.91. The quantitative estimate of drug-likeness (QED) is 0.574. The van der Waals surface area contributed by atoms with Crippen molar-refractivity contribution in [3.05, 3.63) is 0 Å². The second kappa shape index (κ2) is 4.57. The van der Waals surface area contributed by atoms with E-state index in [0.717, 1.165) is 0 Å². The maximum atomic E-state index is 9.74. The molecule has 0 aromatic heterocycles. The van der Waals surface area contributed by atoms with Crippen molar-refractivity contribution in [2.45, 2.75) is 12.2 Å². The molecule has 2 unspecified atom stereocenters. The highest BCUT2D eigenvalue weighted by atomic mass is 16.3. The van der Waals surface area contributed by atoms with E-state index in [1.54, 1.807) is 0 Å². The van der Waals surface area contributed by atoms with Gasteiger partial charge in [0, 0.05) is 0 Å².